The van der Waals surface area contributed by atoms with Gasteiger partial charge in [-0.2, -0.15) is 0 Å². The van der Waals surface area contributed by atoms with Crippen molar-refractivity contribution < 1.29 is 0 Å². The van der Waals surface area contributed by atoms with Crippen LogP contribution in [0.2, 0.25) is 0 Å². The summed E-state index contributed by atoms with van der Waals surface area (Å²) < 4.78 is 0. The number of nitrogens with one attached hydrogen (secondary N) is 1. The summed E-state index contributed by atoms with van der Waals surface area (Å²) in [5.74, 6) is 0. The standard InChI is InChI=1S/C17H30N2/c1-6-8-15(4)19(5)17-10-9-16(14(3)12-17)13-18-11-7-2/h9-10,12,15,18H,6-8,11,13H2,1-5H3. The highest BCUT2D eigenvalue weighted by Crippen LogP contribution is 2.21. The van der Waals surface area contributed by atoms with Crippen molar-refractivity contribution in [3.8, 4) is 0 Å². The molecular weight excluding hydrogens is 232 g/mol. The van der Waals surface area contributed by atoms with Crippen LogP contribution in [0, 0.1) is 6.92 Å². The quantitative estimate of drug-likeness (QED) is 0.709. The van der Waals surface area contributed by atoms with Gasteiger partial charge < -0.3 is 10.2 Å². The first-order valence-electron chi connectivity index (χ1n) is 7.63. The maximum absolute atomic E-state index is 3.47. The van der Waals surface area contributed by atoms with E-state index in [0.29, 0.717) is 6.04 Å². The zero-order valence-electron chi connectivity index (χ0n) is 13.3. The molecule has 0 fully saturated rings. The lowest BCUT2D eigenvalue weighted by Crippen LogP contribution is -2.28. The molecule has 108 valence electrons. The van der Waals surface area contributed by atoms with Crippen molar-refractivity contribution in [3.05, 3.63) is 29.3 Å². The summed E-state index contributed by atoms with van der Waals surface area (Å²) in [5.41, 5.74) is 4.13. The minimum atomic E-state index is 0.605. The molecule has 2 heteroatoms. The minimum absolute atomic E-state index is 0.605. The third-order valence-corrected chi connectivity index (χ3v) is 3.84. The Labute approximate surface area is 119 Å². The maximum Gasteiger partial charge on any atom is 0.0368 e. The van der Waals surface area contributed by atoms with Gasteiger partial charge >= 0.3 is 0 Å². The van der Waals surface area contributed by atoms with E-state index in [2.05, 4.69) is 63.2 Å². The predicted octanol–water partition coefficient (Wildman–Crippen LogP) is 4.12. The molecule has 19 heavy (non-hydrogen) atoms. The van der Waals surface area contributed by atoms with Crippen LogP contribution in [0.15, 0.2) is 18.2 Å². The molecule has 1 unspecified atom stereocenters. The number of anilines is 1. The molecule has 0 radical (unpaired) electrons. The predicted molar refractivity (Wildman–Crippen MR) is 85.9 cm³/mol. The Morgan fingerprint density at radius 2 is 1.95 bits per heavy atom. The van der Waals surface area contributed by atoms with Gasteiger partial charge in [-0.05, 0) is 56.5 Å². The van der Waals surface area contributed by atoms with Crippen LogP contribution in [-0.4, -0.2) is 19.6 Å². The Balaban J connectivity index is 2.70. The Hall–Kier alpha value is -1.02. The third-order valence-electron chi connectivity index (χ3n) is 3.84. The number of hydrogen-bond donors (Lipinski definition) is 1. The molecule has 0 aliphatic rings. The second-order valence-electron chi connectivity index (χ2n) is 5.54. The van der Waals surface area contributed by atoms with Gasteiger partial charge in [0.2, 0.25) is 0 Å². The number of nitrogens with zero attached hydrogens (tertiary/aromatic N) is 1. The van der Waals surface area contributed by atoms with Gasteiger partial charge in [0, 0.05) is 25.3 Å². The van der Waals surface area contributed by atoms with E-state index in [1.165, 1.54) is 36.1 Å². The highest BCUT2D eigenvalue weighted by Gasteiger charge is 2.10. The van der Waals surface area contributed by atoms with Gasteiger partial charge in [-0.1, -0.05) is 26.3 Å². The number of rotatable bonds is 8. The number of benzene rings is 1. The highest BCUT2D eigenvalue weighted by atomic mass is 15.1. The van der Waals surface area contributed by atoms with Crippen LogP contribution in [-0.2, 0) is 6.54 Å². The van der Waals surface area contributed by atoms with Crippen LogP contribution in [0.1, 0.15) is 51.2 Å². The molecule has 2 nitrogen and oxygen atoms in total. The van der Waals surface area contributed by atoms with Gasteiger partial charge in [-0.25, -0.2) is 0 Å². The number of aryl methyl sites for hydroxylation is 1. The summed E-state index contributed by atoms with van der Waals surface area (Å²) in [4.78, 5) is 2.39. The lowest BCUT2D eigenvalue weighted by atomic mass is 10.1. The molecule has 1 N–H and O–H groups in total. The van der Waals surface area contributed by atoms with Crippen LogP contribution in [0.25, 0.3) is 0 Å². The van der Waals surface area contributed by atoms with Gasteiger partial charge in [-0.3, -0.25) is 0 Å². The van der Waals surface area contributed by atoms with E-state index in [4.69, 9.17) is 0 Å². The van der Waals surface area contributed by atoms with Crippen LogP contribution in [0.3, 0.4) is 0 Å². The molecule has 0 aromatic heterocycles. The second kappa shape index (κ2) is 8.21. The first kappa shape index (κ1) is 16.0. The summed E-state index contributed by atoms with van der Waals surface area (Å²) in [6.45, 7) is 11.0. The molecule has 1 aromatic carbocycles. The van der Waals surface area contributed by atoms with E-state index in [9.17, 15) is 0 Å². The first-order chi connectivity index (χ1) is 9.10. The first-order valence-corrected chi connectivity index (χ1v) is 7.63. The van der Waals surface area contributed by atoms with Crippen molar-refractivity contribution in [1.82, 2.24) is 5.32 Å². The van der Waals surface area contributed by atoms with E-state index >= 15 is 0 Å². The largest absolute Gasteiger partial charge is 0.372 e. The highest BCUT2D eigenvalue weighted by molar-refractivity contribution is 5.50. The molecular formula is C17H30N2. The molecule has 1 atom stereocenters. The summed E-state index contributed by atoms with van der Waals surface area (Å²) in [6.07, 6.45) is 3.67. The Morgan fingerprint density at radius 1 is 1.21 bits per heavy atom. The smallest absolute Gasteiger partial charge is 0.0368 e. The van der Waals surface area contributed by atoms with Crippen LogP contribution >= 0.6 is 0 Å². The minimum Gasteiger partial charge on any atom is -0.372 e. The summed E-state index contributed by atoms with van der Waals surface area (Å²) in [5, 5.41) is 3.47. The molecule has 0 aliphatic heterocycles. The fourth-order valence-electron chi connectivity index (χ4n) is 2.36. The van der Waals surface area contributed by atoms with Crippen molar-refractivity contribution in [3.63, 3.8) is 0 Å². The Kier molecular flexibility index (Phi) is 6.93. The molecule has 1 aromatic rings. The molecule has 0 saturated heterocycles. The fraction of sp³-hybridized carbons (Fsp3) is 0.647. The lowest BCUT2D eigenvalue weighted by Gasteiger charge is -2.27. The molecule has 0 heterocycles. The lowest BCUT2D eigenvalue weighted by molar-refractivity contribution is 0.616. The summed E-state index contributed by atoms with van der Waals surface area (Å²) in [7, 11) is 2.20. The van der Waals surface area contributed by atoms with Gasteiger partial charge in [0.25, 0.3) is 0 Å². The maximum atomic E-state index is 3.47. The molecule has 0 spiro atoms. The fourth-order valence-corrected chi connectivity index (χ4v) is 2.36. The van der Waals surface area contributed by atoms with Crippen LogP contribution in [0.4, 0.5) is 5.69 Å². The SMILES string of the molecule is CCCNCc1ccc(N(C)C(C)CCC)cc1C. The zero-order valence-corrected chi connectivity index (χ0v) is 13.3. The molecule has 0 aliphatic carbocycles. The summed E-state index contributed by atoms with van der Waals surface area (Å²) in [6, 6.07) is 7.44. The number of hydrogen-bond acceptors (Lipinski definition) is 2. The molecule has 0 saturated carbocycles. The van der Waals surface area contributed by atoms with Gasteiger partial charge in [0.1, 0.15) is 0 Å². The van der Waals surface area contributed by atoms with E-state index in [1.807, 2.05) is 0 Å². The van der Waals surface area contributed by atoms with Crippen molar-refractivity contribution >= 4 is 5.69 Å². The van der Waals surface area contributed by atoms with E-state index in [-0.39, 0.29) is 0 Å². The van der Waals surface area contributed by atoms with Gasteiger partial charge in [-0.15, -0.1) is 0 Å². The molecule has 0 bridgehead atoms. The van der Waals surface area contributed by atoms with Crippen molar-refractivity contribution in [2.75, 3.05) is 18.5 Å². The zero-order chi connectivity index (χ0) is 14.3. The van der Waals surface area contributed by atoms with Crippen LogP contribution < -0.4 is 10.2 Å². The molecule has 0 amide bonds. The van der Waals surface area contributed by atoms with Gasteiger partial charge in [0.15, 0.2) is 0 Å². The topological polar surface area (TPSA) is 15.3 Å². The van der Waals surface area contributed by atoms with E-state index in [0.717, 1.165) is 13.1 Å². The van der Waals surface area contributed by atoms with Crippen molar-refractivity contribution in [1.29, 1.82) is 0 Å². The monoisotopic (exact) mass is 262 g/mol. The summed E-state index contributed by atoms with van der Waals surface area (Å²) >= 11 is 0. The Bertz CT molecular complexity index is 374. The van der Waals surface area contributed by atoms with E-state index in [1.54, 1.807) is 0 Å². The Morgan fingerprint density at radius 3 is 2.53 bits per heavy atom. The van der Waals surface area contributed by atoms with E-state index < -0.39 is 0 Å². The van der Waals surface area contributed by atoms with Gasteiger partial charge in [0.05, 0.1) is 0 Å². The average Bonchev–Trinajstić information content (AvgIpc) is 2.40. The van der Waals surface area contributed by atoms with Crippen molar-refractivity contribution in [2.45, 2.75) is 59.5 Å². The normalized spacial score (nSPS) is 12.5. The van der Waals surface area contributed by atoms with Crippen molar-refractivity contribution in [2.24, 2.45) is 0 Å². The second-order valence-corrected chi connectivity index (χ2v) is 5.54. The van der Waals surface area contributed by atoms with Crippen LogP contribution in [0.5, 0.6) is 0 Å². The average molecular weight is 262 g/mol. The third kappa shape index (κ3) is 4.87. The molecule has 1 rings (SSSR count).